The number of hydrogen-bond donors (Lipinski definition) is 2. The van der Waals surface area contributed by atoms with Gasteiger partial charge in [0.2, 0.25) is 0 Å². The summed E-state index contributed by atoms with van der Waals surface area (Å²) in [6.45, 7) is 0.796. The van der Waals surface area contributed by atoms with E-state index >= 15 is 0 Å². The molecule has 3 N–H and O–H groups in total. The molecule has 1 aromatic rings. The summed E-state index contributed by atoms with van der Waals surface area (Å²) in [5.41, 5.74) is 6.65. The van der Waals surface area contributed by atoms with E-state index in [1.54, 1.807) is 18.3 Å². The van der Waals surface area contributed by atoms with E-state index in [-0.39, 0.29) is 5.91 Å². The van der Waals surface area contributed by atoms with Gasteiger partial charge in [0.25, 0.3) is 5.91 Å². The summed E-state index contributed by atoms with van der Waals surface area (Å²) >= 11 is 0. The van der Waals surface area contributed by atoms with E-state index in [1.807, 2.05) is 0 Å². The van der Waals surface area contributed by atoms with Crippen molar-refractivity contribution in [2.45, 2.75) is 25.7 Å². The van der Waals surface area contributed by atoms with Crippen molar-refractivity contribution < 1.29 is 4.79 Å². The van der Waals surface area contributed by atoms with Crippen molar-refractivity contribution in [3.8, 4) is 0 Å². The normalized spacial score (nSPS) is 18.9. The number of hydrogen-bond acceptors (Lipinski definition) is 3. The molecule has 0 bridgehead atoms. The predicted octanol–water partition coefficient (Wildman–Crippen LogP) is 1.83. The van der Waals surface area contributed by atoms with Crippen LogP contribution in [0.25, 0.3) is 0 Å². The molecule has 0 aliphatic heterocycles. The molecule has 0 radical (unpaired) electrons. The summed E-state index contributed by atoms with van der Waals surface area (Å²) in [7, 11) is 0. The molecule has 0 saturated heterocycles. The van der Waals surface area contributed by atoms with Crippen molar-refractivity contribution in [3.05, 3.63) is 24.0 Å². The lowest BCUT2D eigenvalue weighted by atomic mass is 9.98. The Bertz CT molecular complexity index is 440. The highest BCUT2D eigenvalue weighted by atomic mass is 16.1. The van der Waals surface area contributed by atoms with Gasteiger partial charge in [-0.1, -0.05) is 0 Å². The van der Waals surface area contributed by atoms with Gasteiger partial charge in [0.05, 0.1) is 0 Å². The first-order chi connectivity index (χ1) is 8.74. The van der Waals surface area contributed by atoms with Gasteiger partial charge >= 0.3 is 0 Å². The number of aromatic nitrogens is 1. The van der Waals surface area contributed by atoms with Gasteiger partial charge in [0.15, 0.2) is 0 Å². The maximum atomic E-state index is 12.0. The largest absolute Gasteiger partial charge is 0.399 e. The van der Waals surface area contributed by atoms with Crippen LogP contribution in [0, 0.1) is 17.8 Å². The van der Waals surface area contributed by atoms with Crippen LogP contribution in [-0.4, -0.2) is 17.4 Å². The Labute approximate surface area is 107 Å². The van der Waals surface area contributed by atoms with Gasteiger partial charge in [-0.3, -0.25) is 9.78 Å². The Hall–Kier alpha value is -1.58. The van der Waals surface area contributed by atoms with E-state index in [0.717, 1.165) is 18.4 Å². The van der Waals surface area contributed by atoms with Gasteiger partial charge in [-0.25, -0.2) is 0 Å². The molecule has 18 heavy (non-hydrogen) atoms. The Balaban J connectivity index is 1.57. The molecule has 1 heterocycles. The van der Waals surface area contributed by atoms with Crippen LogP contribution in [0.2, 0.25) is 0 Å². The molecule has 1 aromatic heterocycles. The smallest absolute Gasteiger partial charge is 0.269 e. The highest BCUT2D eigenvalue weighted by molar-refractivity contribution is 5.92. The van der Waals surface area contributed by atoms with Crippen LogP contribution in [0.1, 0.15) is 36.2 Å². The first-order valence-corrected chi connectivity index (χ1v) is 6.74. The van der Waals surface area contributed by atoms with E-state index < -0.39 is 0 Å². The minimum atomic E-state index is -0.103. The highest BCUT2D eigenvalue weighted by Gasteiger charge is 2.41. The second-order valence-corrected chi connectivity index (χ2v) is 5.52. The molecule has 96 valence electrons. The standard InChI is InChI=1S/C14H19N3O/c15-11-5-6-16-13(7-11)14(18)17-8-12(9-1-2-9)10-3-4-10/h5-7,9-10,12H,1-4,8H2,(H2,15,16)(H,17,18). The van der Waals surface area contributed by atoms with Crippen LogP contribution in [0.15, 0.2) is 18.3 Å². The zero-order chi connectivity index (χ0) is 12.5. The molecule has 0 atom stereocenters. The number of nitrogens with two attached hydrogens (primary N) is 1. The van der Waals surface area contributed by atoms with Crippen molar-refractivity contribution >= 4 is 11.6 Å². The first kappa shape index (κ1) is 11.5. The SMILES string of the molecule is Nc1ccnc(C(=O)NCC(C2CC2)C2CC2)c1. The van der Waals surface area contributed by atoms with Crippen molar-refractivity contribution in [2.75, 3.05) is 12.3 Å². The minimum Gasteiger partial charge on any atom is -0.399 e. The Kier molecular flexibility index (Phi) is 2.94. The molecule has 2 aliphatic carbocycles. The van der Waals surface area contributed by atoms with Crippen LogP contribution < -0.4 is 11.1 Å². The highest BCUT2D eigenvalue weighted by Crippen LogP contribution is 2.48. The molecule has 2 aliphatic rings. The lowest BCUT2D eigenvalue weighted by Crippen LogP contribution is -2.31. The fourth-order valence-electron chi connectivity index (χ4n) is 2.64. The van der Waals surface area contributed by atoms with Gasteiger partial charge in [-0.15, -0.1) is 0 Å². The second kappa shape index (κ2) is 4.59. The third-order valence-corrected chi connectivity index (χ3v) is 3.97. The van der Waals surface area contributed by atoms with Crippen molar-refractivity contribution in [3.63, 3.8) is 0 Å². The minimum absolute atomic E-state index is 0.103. The molecule has 3 rings (SSSR count). The van der Waals surface area contributed by atoms with E-state index in [2.05, 4.69) is 10.3 Å². The van der Waals surface area contributed by atoms with Gasteiger partial charge in [0, 0.05) is 18.4 Å². The number of anilines is 1. The van der Waals surface area contributed by atoms with Crippen molar-refractivity contribution in [2.24, 2.45) is 17.8 Å². The van der Waals surface area contributed by atoms with Gasteiger partial charge < -0.3 is 11.1 Å². The topological polar surface area (TPSA) is 68.0 Å². The molecular formula is C14H19N3O. The summed E-state index contributed by atoms with van der Waals surface area (Å²) in [6, 6.07) is 3.31. The third kappa shape index (κ3) is 2.63. The van der Waals surface area contributed by atoms with Crippen LogP contribution in [0.4, 0.5) is 5.69 Å². The Morgan fingerprint density at radius 3 is 2.61 bits per heavy atom. The molecular weight excluding hydrogens is 226 g/mol. The summed E-state index contributed by atoms with van der Waals surface area (Å²) < 4.78 is 0. The number of carbonyl (C=O) groups excluding carboxylic acids is 1. The number of nitrogens with zero attached hydrogens (tertiary/aromatic N) is 1. The maximum Gasteiger partial charge on any atom is 0.269 e. The van der Waals surface area contributed by atoms with Crippen LogP contribution in [-0.2, 0) is 0 Å². The monoisotopic (exact) mass is 245 g/mol. The van der Waals surface area contributed by atoms with Crippen LogP contribution >= 0.6 is 0 Å². The van der Waals surface area contributed by atoms with Gasteiger partial charge in [-0.05, 0) is 55.6 Å². The molecule has 4 nitrogen and oxygen atoms in total. The number of carbonyl (C=O) groups is 1. The van der Waals surface area contributed by atoms with E-state index in [4.69, 9.17) is 5.73 Å². The molecule has 1 amide bonds. The molecule has 0 spiro atoms. The van der Waals surface area contributed by atoms with Gasteiger partial charge in [-0.2, -0.15) is 0 Å². The van der Waals surface area contributed by atoms with Gasteiger partial charge in [0.1, 0.15) is 5.69 Å². The number of nitrogen functional groups attached to an aromatic ring is 1. The maximum absolute atomic E-state index is 12.0. The number of amides is 1. The number of pyridine rings is 1. The number of rotatable bonds is 5. The zero-order valence-electron chi connectivity index (χ0n) is 10.4. The van der Waals surface area contributed by atoms with Crippen molar-refractivity contribution in [1.82, 2.24) is 10.3 Å². The van der Waals surface area contributed by atoms with E-state index in [1.165, 1.54) is 25.7 Å². The summed E-state index contributed by atoms with van der Waals surface area (Å²) in [5, 5.41) is 3.01. The second-order valence-electron chi connectivity index (χ2n) is 5.52. The lowest BCUT2D eigenvalue weighted by Gasteiger charge is -2.15. The first-order valence-electron chi connectivity index (χ1n) is 6.74. The fraction of sp³-hybridized carbons (Fsp3) is 0.571. The average molecular weight is 245 g/mol. The molecule has 2 fully saturated rings. The fourth-order valence-corrected chi connectivity index (χ4v) is 2.64. The summed E-state index contributed by atoms with van der Waals surface area (Å²) in [6.07, 6.45) is 6.94. The van der Waals surface area contributed by atoms with E-state index in [0.29, 0.717) is 17.3 Å². The third-order valence-electron chi connectivity index (χ3n) is 3.97. The number of nitrogens with one attached hydrogen (secondary N) is 1. The quantitative estimate of drug-likeness (QED) is 0.831. The predicted molar refractivity (Wildman–Crippen MR) is 69.9 cm³/mol. The molecule has 4 heteroatoms. The zero-order valence-corrected chi connectivity index (χ0v) is 10.4. The molecule has 0 unspecified atom stereocenters. The van der Waals surface area contributed by atoms with Crippen LogP contribution in [0.5, 0.6) is 0 Å². The van der Waals surface area contributed by atoms with E-state index in [9.17, 15) is 4.79 Å². The van der Waals surface area contributed by atoms with Crippen LogP contribution in [0.3, 0.4) is 0 Å². The molecule has 0 aromatic carbocycles. The lowest BCUT2D eigenvalue weighted by molar-refractivity contribution is 0.0938. The Morgan fingerprint density at radius 2 is 2.06 bits per heavy atom. The molecule has 2 saturated carbocycles. The summed E-state index contributed by atoms with van der Waals surface area (Å²) in [4.78, 5) is 16.0. The van der Waals surface area contributed by atoms with Crippen molar-refractivity contribution in [1.29, 1.82) is 0 Å². The Morgan fingerprint density at radius 1 is 1.39 bits per heavy atom. The average Bonchev–Trinajstić information content (AvgIpc) is 3.23. The summed E-state index contributed by atoms with van der Waals surface area (Å²) in [5.74, 6) is 2.29.